The van der Waals surface area contributed by atoms with Gasteiger partial charge in [0.1, 0.15) is 0 Å². The number of aryl methyl sites for hydroxylation is 2. The van der Waals surface area contributed by atoms with Crippen LogP contribution in [0.2, 0.25) is 0 Å². The average molecular weight is 315 g/mol. The maximum Gasteiger partial charge on any atom is 0.522 e. The zero-order valence-corrected chi connectivity index (χ0v) is 12.3. The Kier molecular flexibility index (Phi) is 7.88. The van der Waals surface area contributed by atoms with Gasteiger partial charge in [0.25, 0.3) is 0 Å². The van der Waals surface area contributed by atoms with Crippen molar-refractivity contribution in [1.82, 2.24) is 4.57 Å². The van der Waals surface area contributed by atoms with E-state index in [9.17, 15) is 13.2 Å². The van der Waals surface area contributed by atoms with Crippen LogP contribution in [0.25, 0.3) is 0 Å². The predicted octanol–water partition coefficient (Wildman–Crippen LogP) is 3.63. The summed E-state index contributed by atoms with van der Waals surface area (Å²) in [6.07, 6.45) is 9.51. The van der Waals surface area contributed by atoms with Crippen molar-refractivity contribution in [3.8, 4) is 0 Å². The number of hydrogen-bond donors (Lipinski definition) is 1. The monoisotopic (exact) mass is 315 g/mol. The Morgan fingerprint density at radius 3 is 2.20 bits per heavy atom. The number of nitrogens with zero attached hydrogens (tertiary/aromatic N) is 1. The summed E-state index contributed by atoms with van der Waals surface area (Å²) in [4.78, 5) is 0. The lowest BCUT2D eigenvalue weighted by atomic mass is 10.2. The Labute approximate surface area is 117 Å². The molecule has 0 unspecified atom stereocenters. The summed E-state index contributed by atoms with van der Waals surface area (Å²) in [7, 11) is -5.84. The molecule has 0 atom stereocenters. The molecule has 0 amide bonds. The molecule has 8 heteroatoms. The van der Waals surface area contributed by atoms with Gasteiger partial charge in [0, 0.05) is 18.9 Å². The summed E-state index contributed by atoms with van der Waals surface area (Å²) in [5.41, 5.74) is -4.05. The zero-order chi connectivity index (χ0) is 15.8. The van der Waals surface area contributed by atoms with Gasteiger partial charge in [-0.25, -0.2) is 0 Å². The van der Waals surface area contributed by atoms with E-state index in [1.54, 1.807) is 0 Å². The molecule has 1 N–H and O–H groups in total. The van der Waals surface area contributed by atoms with Crippen LogP contribution in [0.4, 0.5) is 13.2 Å². The van der Waals surface area contributed by atoms with E-state index >= 15 is 0 Å². The quantitative estimate of drug-likeness (QED) is 0.666. The second-order valence-corrected chi connectivity index (χ2v) is 5.69. The molecule has 1 aromatic heterocycles. The molecule has 0 bridgehead atoms. The number of rotatable bonds is 5. The fraction of sp³-hybridized carbons (Fsp3) is 0.667. The van der Waals surface area contributed by atoms with E-state index in [0.717, 1.165) is 0 Å². The molecule has 1 aromatic rings. The Hall–Kier alpha value is -1.02. The topological polar surface area (TPSA) is 59.3 Å². The highest BCUT2D eigenvalue weighted by molar-refractivity contribution is 7.86. The van der Waals surface area contributed by atoms with Crippen molar-refractivity contribution in [2.24, 2.45) is 0 Å². The van der Waals surface area contributed by atoms with Crippen LogP contribution in [0.3, 0.4) is 0 Å². The van der Waals surface area contributed by atoms with Crippen LogP contribution in [0, 0.1) is 0 Å². The Bertz CT molecular complexity index is 480. The van der Waals surface area contributed by atoms with Crippen LogP contribution >= 0.6 is 0 Å². The van der Waals surface area contributed by atoms with E-state index in [4.69, 9.17) is 13.0 Å². The molecule has 0 saturated carbocycles. The van der Waals surface area contributed by atoms with Crippen LogP contribution in [-0.2, 0) is 23.1 Å². The van der Waals surface area contributed by atoms with E-state index in [1.165, 1.54) is 37.8 Å². The van der Waals surface area contributed by atoms with Gasteiger partial charge in [0.15, 0.2) is 0 Å². The van der Waals surface area contributed by atoms with E-state index in [-0.39, 0.29) is 0 Å². The molecule has 0 saturated heterocycles. The first-order chi connectivity index (χ1) is 9.11. The fourth-order valence-corrected chi connectivity index (χ4v) is 1.41. The maximum absolute atomic E-state index is 10.7. The molecule has 118 valence electrons. The summed E-state index contributed by atoms with van der Waals surface area (Å²) in [5, 5.41) is 0. The van der Waals surface area contributed by atoms with Crippen molar-refractivity contribution in [2.75, 3.05) is 0 Å². The van der Waals surface area contributed by atoms with E-state index in [2.05, 4.69) is 36.9 Å². The summed E-state index contributed by atoms with van der Waals surface area (Å²) < 4.78 is 59.8. The Morgan fingerprint density at radius 2 is 1.80 bits per heavy atom. The first kappa shape index (κ1) is 19.0. The third-order valence-electron chi connectivity index (χ3n) is 2.41. The molecule has 0 aliphatic heterocycles. The van der Waals surface area contributed by atoms with Crippen LogP contribution in [0.5, 0.6) is 0 Å². The molecular weight excluding hydrogens is 295 g/mol. The molecule has 0 radical (unpaired) electrons. The van der Waals surface area contributed by atoms with Gasteiger partial charge >= 0.3 is 15.6 Å². The van der Waals surface area contributed by atoms with Gasteiger partial charge in [-0.15, -0.1) is 0 Å². The highest BCUT2D eigenvalue weighted by Crippen LogP contribution is 2.20. The summed E-state index contributed by atoms with van der Waals surface area (Å²) >= 11 is 0. The van der Waals surface area contributed by atoms with Crippen molar-refractivity contribution in [3.63, 3.8) is 0 Å². The second-order valence-electron chi connectivity index (χ2n) is 4.28. The number of alkyl halides is 3. The Morgan fingerprint density at radius 1 is 1.25 bits per heavy atom. The molecule has 0 aliphatic carbocycles. The van der Waals surface area contributed by atoms with E-state index < -0.39 is 15.6 Å². The minimum atomic E-state index is -5.84. The first-order valence-electron chi connectivity index (χ1n) is 6.30. The molecular formula is C12H20F3NO3S. The summed E-state index contributed by atoms with van der Waals surface area (Å²) in [5.74, 6) is 0. The molecule has 1 rings (SSSR count). The van der Waals surface area contributed by atoms with Crippen LogP contribution in [0.1, 0.15) is 38.7 Å². The van der Waals surface area contributed by atoms with Gasteiger partial charge in [-0.2, -0.15) is 21.6 Å². The maximum atomic E-state index is 10.7. The van der Waals surface area contributed by atoms with Gasteiger partial charge in [-0.05, 0) is 24.5 Å². The zero-order valence-electron chi connectivity index (χ0n) is 11.5. The van der Waals surface area contributed by atoms with Crippen molar-refractivity contribution in [3.05, 3.63) is 24.0 Å². The minimum absolute atomic E-state index is 1.18. The fourth-order valence-electron chi connectivity index (χ4n) is 1.41. The number of aromatic nitrogens is 1. The number of unbranched alkanes of at least 4 members (excludes halogenated alkanes) is 1. The minimum Gasteiger partial charge on any atom is -0.354 e. The third kappa shape index (κ3) is 7.54. The molecule has 0 spiro atoms. The van der Waals surface area contributed by atoms with Crippen molar-refractivity contribution in [2.45, 2.75) is 51.6 Å². The van der Waals surface area contributed by atoms with Gasteiger partial charge in [-0.1, -0.05) is 26.7 Å². The lowest BCUT2D eigenvalue weighted by Crippen LogP contribution is -2.21. The van der Waals surface area contributed by atoms with Crippen molar-refractivity contribution in [1.29, 1.82) is 0 Å². The van der Waals surface area contributed by atoms with Crippen molar-refractivity contribution >= 4 is 10.1 Å². The summed E-state index contributed by atoms with van der Waals surface area (Å²) in [6, 6.07) is 2.24. The Balaban J connectivity index is 0.000000396. The SMILES string of the molecule is CCCCn1ccc(CCC)c1.O=S(=O)(O)C(F)(F)F. The highest BCUT2D eigenvalue weighted by Gasteiger charge is 2.44. The number of halogens is 3. The second kappa shape index (κ2) is 8.31. The summed E-state index contributed by atoms with van der Waals surface area (Å²) in [6.45, 7) is 5.64. The largest absolute Gasteiger partial charge is 0.522 e. The molecule has 0 aliphatic rings. The molecule has 20 heavy (non-hydrogen) atoms. The lowest BCUT2D eigenvalue weighted by molar-refractivity contribution is -0.0510. The van der Waals surface area contributed by atoms with Gasteiger partial charge in [0.2, 0.25) is 0 Å². The molecule has 0 fully saturated rings. The van der Waals surface area contributed by atoms with E-state index in [1.807, 2.05) is 0 Å². The van der Waals surface area contributed by atoms with Crippen LogP contribution < -0.4 is 0 Å². The normalized spacial score (nSPS) is 11.9. The number of hydrogen-bond acceptors (Lipinski definition) is 2. The van der Waals surface area contributed by atoms with Crippen LogP contribution in [0.15, 0.2) is 18.5 Å². The average Bonchev–Trinajstić information content (AvgIpc) is 2.73. The molecule has 4 nitrogen and oxygen atoms in total. The molecule has 1 heterocycles. The predicted molar refractivity (Wildman–Crippen MR) is 70.9 cm³/mol. The highest BCUT2D eigenvalue weighted by atomic mass is 32.2. The van der Waals surface area contributed by atoms with Gasteiger partial charge in [-0.3, -0.25) is 4.55 Å². The lowest BCUT2D eigenvalue weighted by Gasteiger charge is -1.99. The van der Waals surface area contributed by atoms with Gasteiger partial charge in [0.05, 0.1) is 0 Å². The van der Waals surface area contributed by atoms with Crippen LogP contribution in [-0.4, -0.2) is 23.0 Å². The molecule has 0 aromatic carbocycles. The standard InChI is InChI=1S/C11H19N.CHF3O3S/c1-3-5-8-12-9-7-11(10-12)6-4-2;2-1(3,4)8(5,6)7/h7,9-10H,3-6,8H2,1-2H3;(H,5,6,7). The van der Waals surface area contributed by atoms with Gasteiger partial charge < -0.3 is 4.57 Å². The van der Waals surface area contributed by atoms with E-state index in [0.29, 0.717) is 0 Å². The first-order valence-corrected chi connectivity index (χ1v) is 7.74. The van der Waals surface area contributed by atoms with Crippen molar-refractivity contribution < 1.29 is 26.1 Å². The third-order valence-corrected chi connectivity index (χ3v) is 3.00. The smallest absolute Gasteiger partial charge is 0.354 e.